The van der Waals surface area contributed by atoms with Crippen molar-refractivity contribution in [2.24, 2.45) is 11.3 Å². The first-order chi connectivity index (χ1) is 12.9. The molecule has 0 aliphatic carbocycles. The first-order valence-corrected chi connectivity index (χ1v) is 8.84. The molecular weight excluding hydrogens is 348 g/mol. The highest BCUT2D eigenvalue weighted by molar-refractivity contribution is 5.94. The van der Waals surface area contributed by atoms with Crippen LogP contribution in [-0.4, -0.2) is 77.3 Å². The predicted octanol–water partition coefficient (Wildman–Crippen LogP) is 1.17. The molecule has 3 heterocycles. The highest BCUT2D eigenvalue weighted by Gasteiger charge is 2.57. The Morgan fingerprint density at radius 2 is 2.07 bits per heavy atom. The van der Waals surface area contributed by atoms with Crippen molar-refractivity contribution < 1.29 is 19.4 Å². The maximum atomic E-state index is 12.9. The van der Waals surface area contributed by atoms with E-state index in [-0.39, 0.29) is 18.4 Å². The van der Waals surface area contributed by atoms with Crippen LogP contribution in [0, 0.1) is 11.3 Å². The summed E-state index contributed by atoms with van der Waals surface area (Å²) in [5.41, 5.74) is 0.875. The van der Waals surface area contributed by atoms with Gasteiger partial charge in [0.25, 0.3) is 5.91 Å². The van der Waals surface area contributed by atoms with E-state index in [4.69, 9.17) is 4.74 Å². The number of aromatic nitrogens is 2. The molecule has 0 spiro atoms. The minimum Gasteiger partial charge on any atom is -0.496 e. The van der Waals surface area contributed by atoms with Crippen LogP contribution >= 0.6 is 0 Å². The van der Waals surface area contributed by atoms with E-state index in [9.17, 15) is 14.7 Å². The zero-order valence-electron chi connectivity index (χ0n) is 15.3. The number of nitrogens with one attached hydrogen (secondary N) is 1. The molecule has 2 atom stereocenters. The minimum absolute atomic E-state index is 0.0550. The monoisotopic (exact) mass is 370 g/mol. The molecule has 0 radical (unpaired) electrons. The summed E-state index contributed by atoms with van der Waals surface area (Å²) in [5.74, 6) is -0.431. The molecule has 8 nitrogen and oxygen atoms in total. The second-order valence-corrected chi connectivity index (χ2v) is 7.41. The van der Waals surface area contributed by atoms with Gasteiger partial charge in [-0.3, -0.25) is 14.7 Å². The number of para-hydroxylation sites is 1. The number of methoxy groups -OCH3 is 1. The highest BCUT2D eigenvalue weighted by Crippen LogP contribution is 2.42. The summed E-state index contributed by atoms with van der Waals surface area (Å²) in [4.78, 5) is 28.5. The summed E-state index contributed by atoms with van der Waals surface area (Å²) in [6, 6.07) is 9.14. The molecule has 0 bridgehead atoms. The molecule has 8 heteroatoms. The van der Waals surface area contributed by atoms with Crippen molar-refractivity contribution in [2.45, 2.75) is 0 Å². The number of aliphatic carboxylic acids is 1. The van der Waals surface area contributed by atoms with Crippen LogP contribution in [0.4, 0.5) is 0 Å². The summed E-state index contributed by atoms with van der Waals surface area (Å²) in [5, 5.41) is 16.8. The van der Waals surface area contributed by atoms with Crippen LogP contribution in [0.3, 0.4) is 0 Å². The Hall–Kier alpha value is -2.87. The first kappa shape index (κ1) is 17.5. The highest BCUT2D eigenvalue weighted by atomic mass is 16.5. The van der Waals surface area contributed by atoms with Crippen molar-refractivity contribution in [1.82, 2.24) is 20.0 Å². The molecule has 2 N–H and O–H groups in total. The molecule has 2 saturated heterocycles. The number of amides is 1. The van der Waals surface area contributed by atoms with E-state index < -0.39 is 11.4 Å². The van der Waals surface area contributed by atoms with Crippen molar-refractivity contribution in [1.29, 1.82) is 0 Å². The van der Waals surface area contributed by atoms with Crippen LogP contribution < -0.4 is 4.74 Å². The van der Waals surface area contributed by atoms with E-state index in [0.29, 0.717) is 36.8 Å². The number of benzene rings is 1. The van der Waals surface area contributed by atoms with Gasteiger partial charge in [0.15, 0.2) is 0 Å². The number of carboxylic acid groups (broad SMARTS) is 1. The van der Waals surface area contributed by atoms with Gasteiger partial charge >= 0.3 is 5.97 Å². The number of carboxylic acids is 1. The van der Waals surface area contributed by atoms with E-state index in [0.717, 1.165) is 5.56 Å². The van der Waals surface area contributed by atoms with Gasteiger partial charge in [-0.1, -0.05) is 12.1 Å². The molecule has 1 amide bonds. The fraction of sp³-hybridized carbons (Fsp3) is 0.421. The number of likely N-dealkylation sites (tertiary alicyclic amines) is 2. The van der Waals surface area contributed by atoms with Gasteiger partial charge in [0.05, 0.1) is 12.8 Å². The normalized spacial score (nSPS) is 24.8. The van der Waals surface area contributed by atoms with Crippen molar-refractivity contribution in [3.63, 3.8) is 0 Å². The number of hydrogen-bond acceptors (Lipinski definition) is 5. The van der Waals surface area contributed by atoms with Crippen LogP contribution in [-0.2, 0) is 4.79 Å². The Morgan fingerprint density at radius 1 is 1.30 bits per heavy atom. The number of aromatic amines is 1. The minimum atomic E-state index is -0.879. The second kappa shape index (κ2) is 6.38. The molecule has 0 unspecified atom stereocenters. The van der Waals surface area contributed by atoms with Gasteiger partial charge in [-0.15, -0.1) is 0 Å². The van der Waals surface area contributed by atoms with E-state index in [1.807, 2.05) is 36.2 Å². The lowest BCUT2D eigenvalue weighted by Gasteiger charge is -2.23. The third kappa shape index (κ3) is 2.76. The second-order valence-electron chi connectivity index (χ2n) is 7.41. The number of carbonyl (C=O) groups excluding carboxylic acids is 1. The van der Waals surface area contributed by atoms with Gasteiger partial charge in [-0.05, 0) is 25.2 Å². The zero-order valence-corrected chi connectivity index (χ0v) is 15.3. The summed E-state index contributed by atoms with van der Waals surface area (Å²) in [7, 11) is 3.51. The average Bonchev–Trinajstić information content (AvgIpc) is 3.33. The summed E-state index contributed by atoms with van der Waals surface area (Å²) in [6.45, 7) is 1.81. The Balaban J connectivity index is 1.57. The lowest BCUT2D eigenvalue weighted by Crippen LogP contribution is -2.41. The van der Waals surface area contributed by atoms with Gasteiger partial charge in [0.1, 0.15) is 16.9 Å². The van der Waals surface area contributed by atoms with Crippen LogP contribution in [0.5, 0.6) is 5.75 Å². The fourth-order valence-electron chi connectivity index (χ4n) is 4.37. The molecule has 4 rings (SSSR count). The Kier molecular flexibility index (Phi) is 4.15. The van der Waals surface area contributed by atoms with Crippen molar-refractivity contribution in [3.8, 4) is 17.0 Å². The molecule has 2 aromatic rings. The summed E-state index contributed by atoms with van der Waals surface area (Å²) in [6.07, 6.45) is 0. The van der Waals surface area contributed by atoms with E-state index >= 15 is 0 Å². The maximum absolute atomic E-state index is 12.9. The molecule has 2 aliphatic heterocycles. The van der Waals surface area contributed by atoms with Crippen LogP contribution in [0.1, 0.15) is 10.5 Å². The molecular formula is C19H22N4O4. The maximum Gasteiger partial charge on any atom is 0.313 e. The number of rotatable bonds is 4. The van der Waals surface area contributed by atoms with Crippen molar-refractivity contribution >= 4 is 11.9 Å². The smallest absolute Gasteiger partial charge is 0.313 e. The number of fused-ring (bicyclic) bond motifs is 1. The van der Waals surface area contributed by atoms with Crippen molar-refractivity contribution in [3.05, 3.63) is 36.0 Å². The molecule has 2 aliphatic rings. The van der Waals surface area contributed by atoms with Crippen LogP contribution in [0.25, 0.3) is 11.3 Å². The number of H-pyrrole nitrogens is 1. The van der Waals surface area contributed by atoms with E-state index in [1.54, 1.807) is 18.1 Å². The molecule has 0 saturated carbocycles. The van der Waals surface area contributed by atoms with Gasteiger partial charge in [-0.2, -0.15) is 5.10 Å². The van der Waals surface area contributed by atoms with Crippen molar-refractivity contribution in [2.75, 3.05) is 40.3 Å². The molecule has 27 heavy (non-hydrogen) atoms. The Bertz CT molecular complexity index is 895. The third-order valence-electron chi connectivity index (χ3n) is 5.68. The lowest BCUT2D eigenvalue weighted by atomic mass is 9.81. The number of carbonyl (C=O) groups is 2. The number of nitrogens with zero attached hydrogens (tertiary/aromatic N) is 3. The van der Waals surface area contributed by atoms with Crippen LogP contribution in [0.2, 0.25) is 0 Å². The quantitative estimate of drug-likeness (QED) is 0.838. The summed E-state index contributed by atoms with van der Waals surface area (Å²) < 4.78 is 5.35. The van der Waals surface area contributed by atoms with Gasteiger partial charge in [0, 0.05) is 37.7 Å². The Labute approximate surface area is 156 Å². The third-order valence-corrected chi connectivity index (χ3v) is 5.68. The van der Waals surface area contributed by atoms with E-state index in [2.05, 4.69) is 10.2 Å². The number of hydrogen-bond donors (Lipinski definition) is 2. The van der Waals surface area contributed by atoms with Gasteiger partial charge < -0.3 is 19.6 Å². The predicted molar refractivity (Wildman–Crippen MR) is 97.5 cm³/mol. The van der Waals surface area contributed by atoms with Crippen LogP contribution in [0.15, 0.2) is 30.3 Å². The van der Waals surface area contributed by atoms with Gasteiger partial charge in [-0.25, -0.2) is 0 Å². The van der Waals surface area contributed by atoms with Gasteiger partial charge in [0.2, 0.25) is 0 Å². The SMILES string of the molecule is COc1ccccc1-c1cc(C(=O)N2C[C@@H]3CN(C)C[C@]3(C(=O)O)C2)[nH]n1. The summed E-state index contributed by atoms with van der Waals surface area (Å²) >= 11 is 0. The fourth-order valence-corrected chi connectivity index (χ4v) is 4.37. The molecule has 1 aromatic carbocycles. The Morgan fingerprint density at radius 3 is 2.78 bits per heavy atom. The topological polar surface area (TPSA) is 98.8 Å². The standard InChI is InChI=1S/C19H22N4O4/c1-22-8-12-9-23(11-19(12,10-22)18(25)26)17(24)15-7-14(20-21-15)13-5-3-4-6-16(13)27-2/h3-7,12H,8-11H2,1-2H3,(H,20,21)(H,25,26)/t12-,19-/m0/s1. The lowest BCUT2D eigenvalue weighted by molar-refractivity contribution is -0.148. The zero-order chi connectivity index (χ0) is 19.2. The first-order valence-electron chi connectivity index (χ1n) is 8.84. The largest absolute Gasteiger partial charge is 0.496 e. The number of ether oxygens (including phenoxy) is 1. The molecule has 1 aromatic heterocycles. The average molecular weight is 370 g/mol. The van der Waals surface area contributed by atoms with E-state index in [1.165, 1.54) is 0 Å². The molecule has 142 valence electrons. The molecule has 2 fully saturated rings.